The van der Waals surface area contributed by atoms with Crippen molar-refractivity contribution in [1.29, 1.82) is 0 Å². The normalized spacial score (nSPS) is 15.6. The summed E-state index contributed by atoms with van der Waals surface area (Å²) in [5.41, 5.74) is 6.81. The number of thiazole rings is 1. The third-order valence-electron chi connectivity index (χ3n) is 14.0. The number of fused-ring (bicyclic) bond motifs is 1. The molecular weight excluding hydrogens is 1060 g/mol. The Labute approximate surface area is 477 Å². The highest BCUT2D eigenvalue weighted by Crippen LogP contribution is 2.33. The molecule has 0 bridgehead atoms. The van der Waals surface area contributed by atoms with Crippen LogP contribution in [-0.4, -0.2) is 173 Å². The minimum absolute atomic E-state index is 0.00917. The molecular formula is C57H79N13O10S. The number of ether oxygens (including phenoxy) is 4. The standard InChI is InChI=1S/C57H79N13O10S/c1-9-68-35-62-66-53(68)44-11-10-12-47(63-44)70-34-43-42(55(70)75)30-48(67(8)37(2)3)64-45(43)32-58-19-20-59-49(72)17-21-77-23-25-79-27-28-80-26-24-78-22-18-50(73)65-52(57(5,6)7)56(76)69-33-41(71)29-46(69)54(74)60-31-39-13-15-40(16-14-39)51-38(4)61-36-81-51/h10-16,30,35-37,41,46,52,58,71H,9,17-29,31-34H2,1-8H3,(H,59,72)(H,60,74)(H,65,73)/t41-,46+,52-/m1/s1. The molecule has 23 nitrogen and oxygen atoms in total. The number of aliphatic hydroxyl groups is 1. The number of benzene rings is 1. The van der Waals surface area contributed by atoms with E-state index in [4.69, 9.17) is 28.9 Å². The van der Waals surface area contributed by atoms with Crippen LogP contribution in [0, 0.1) is 12.3 Å². The van der Waals surface area contributed by atoms with E-state index in [1.807, 2.05) is 105 Å². The van der Waals surface area contributed by atoms with Crippen molar-refractivity contribution in [2.75, 3.05) is 89.3 Å². The van der Waals surface area contributed by atoms with Gasteiger partial charge < -0.3 is 59.7 Å². The Morgan fingerprint density at radius 2 is 1.56 bits per heavy atom. The number of carbonyl (C=O) groups is 5. The lowest BCUT2D eigenvalue weighted by atomic mass is 9.85. The van der Waals surface area contributed by atoms with E-state index in [1.165, 1.54) is 4.90 Å². The smallest absolute Gasteiger partial charge is 0.260 e. The van der Waals surface area contributed by atoms with Crippen molar-refractivity contribution in [3.05, 3.63) is 88.4 Å². The first-order chi connectivity index (χ1) is 38.9. The fourth-order valence-corrected chi connectivity index (χ4v) is 10.0. The van der Waals surface area contributed by atoms with Gasteiger partial charge in [0, 0.05) is 77.2 Å². The van der Waals surface area contributed by atoms with Crippen molar-refractivity contribution < 1.29 is 48.0 Å². The van der Waals surface area contributed by atoms with Gasteiger partial charge in [0.15, 0.2) is 5.82 Å². The van der Waals surface area contributed by atoms with Gasteiger partial charge in [0.05, 0.1) is 92.8 Å². The number of β-amino-alcohol motifs (C(OH)–C–C–N with tert-alkyl or cyclic N) is 1. The van der Waals surface area contributed by atoms with Gasteiger partial charge >= 0.3 is 0 Å². The van der Waals surface area contributed by atoms with Gasteiger partial charge in [0.2, 0.25) is 23.6 Å². The molecule has 1 fully saturated rings. The molecule has 0 unspecified atom stereocenters. The Hall–Kier alpha value is -6.80. The summed E-state index contributed by atoms with van der Waals surface area (Å²) in [4.78, 5) is 87.2. The van der Waals surface area contributed by atoms with Crippen LogP contribution in [0.5, 0.6) is 0 Å². The SMILES string of the molecule is CCn1cnnc1-c1cccc(N2Cc3c(cc(N(C)C(C)C)nc3CNCCNC(=O)CCOCCOCCOCCOCCC(=O)N[C@H](C(=O)N3C[C@H](O)C[C@H]3C(=O)NCc3ccc(-c4scnc4C)cc3)C(C)(C)C)C2=O)n1. The highest BCUT2D eigenvalue weighted by molar-refractivity contribution is 7.13. The van der Waals surface area contributed by atoms with Gasteiger partial charge in [-0.2, -0.15) is 0 Å². The van der Waals surface area contributed by atoms with Crippen LogP contribution in [0.1, 0.15) is 93.7 Å². The van der Waals surface area contributed by atoms with Crippen molar-refractivity contribution in [2.45, 2.75) is 118 Å². The van der Waals surface area contributed by atoms with Crippen LogP contribution >= 0.6 is 11.3 Å². The number of aryl methyl sites for hydroxylation is 2. The van der Waals surface area contributed by atoms with Crippen LogP contribution in [0.2, 0.25) is 0 Å². The number of aliphatic hydroxyl groups excluding tert-OH is 1. The van der Waals surface area contributed by atoms with E-state index in [-0.39, 0.29) is 88.5 Å². The lowest BCUT2D eigenvalue weighted by Crippen LogP contribution is -2.57. The lowest BCUT2D eigenvalue weighted by Gasteiger charge is -2.35. The number of likely N-dealkylation sites (tertiary alicyclic amines) is 1. The molecule has 1 aromatic carbocycles. The van der Waals surface area contributed by atoms with Crippen molar-refractivity contribution in [3.8, 4) is 22.0 Å². The molecule has 0 aliphatic carbocycles. The number of hydrogen-bond donors (Lipinski definition) is 5. The molecule has 0 radical (unpaired) electrons. The number of pyridine rings is 2. The summed E-state index contributed by atoms with van der Waals surface area (Å²) in [5, 5.41) is 30.9. The second kappa shape index (κ2) is 29.8. The van der Waals surface area contributed by atoms with E-state index < -0.39 is 29.5 Å². The molecule has 1 saturated heterocycles. The summed E-state index contributed by atoms with van der Waals surface area (Å²) in [6, 6.07) is 13.6. The van der Waals surface area contributed by atoms with Crippen molar-refractivity contribution in [3.63, 3.8) is 0 Å². The first-order valence-electron chi connectivity index (χ1n) is 27.7. The van der Waals surface area contributed by atoms with E-state index >= 15 is 0 Å². The number of hydrogen-bond acceptors (Lipinski definition) is 18. The minimum atomic E-state index is -0.944. The number of aromatic nitrogens is 6. The molecule has 2 aliphatic heterocycles. The van der Waals surface area contributed by atoms with Crippen molar-refractivity contribution in [1.82, 2.24) is 55.9 Å². The Morgan fingerprint density at radius 1 is 0.877 bits per heavy atom. The highest BCUT2D eigenvalue weighted by atomic mass is 32.1. The summed E-state index contributed by atoms with van der Waals surface area (Å²) < 4.78 is 24.3. The first-order valence-corrected chi connectivity index (χ1v) is 28.6. The molecule has 24 heteroatoms. The Bertz CT molecular complexity index is 2890. The molecule has 0 saturated carbocycles. The molecule has 2 aliphatic rings. The maximum Gasteiger partial charge on any atom is 0.260 e. The van der Waals surface area contributed by atoms with E-state index in [9.17, 15) is 29.1 Å². The average Bonchev–Trinajstić information content (AvgIpc) is 4.36. The van der Waals surface area contributed by atoms with Crippen LogP contribution in [0.4, 0.5) is 11.6 Å². The zero-order valence-electron chi connectivity index (χ0n) is 47.9. The second-order valence-electron chi connectivity index (χ2n) is 21.3. The molecule has 7 rings (SSSR count). The highest BCUT2D eigenvalue weighted by Gasteiger charge is 2.44. The Balaban J connectivity index is 0.713. The van der Waals surface area contributed by atoms with Crippen molar-refractivity contribution >= 4 is 52.5 Å². The fraction of sp³-hybridized carbons (Fsp3) is 0.544. The van der Waals surface area contributed by atoms with Gasteiger partial charge in [-0.1, -0.05) is 51.1 Å². The van der Waals surface area contributed by atoms with E-state index in [0.717, 1.165) is 33.0 Å². The number of anilines is 2. The molecule has 5 N–H and O–H groups in total. The van der Waals surface area contributed by atoms with Gasteiger partial charge in [-0.3, -0.25) is 28.9 Å². The number of amides is 5. The van der Waals surface area contributed by atoms with Crippen LogP contribution in [0.25, 0.3) is 22.0 Å². The zero-order chi connectivity index (χ0) is 58.1. The number of nitrogens with zero attached hydrogens (tertiary/aromatic N) is 9. The maximum absolute atomic E-state index is 14.0. The van der Waals surface area contributed by atoms with Gasteiger partial charge in [-0.25, -0.2) is 15.0 Å². The predicted octanol–water partition coefficient (Wildman–Crippen LogP) is 4.05. The van der Waals surface area contributed by atoms with Gasteiger partial charge in [0.1, 0.15) is 35.7 Å². The molecule has 0 spiro atoms. The largest absolute Gasteiger partial charge is 0.391 e. The molecule has 6 heterocycles. The van der Waals surface area contributed by atoms with E-state index in [0.29, 0.717) is 87.9 Å². The van der Waals surface area contributed by atoms with E-state index in [2.05, 4.69) is 50.3 Å². The van der Waals surface area contributed by atoms with Crippen LogP contribution in [-0.2, 0) is 64.3 Å². The topological polar surface area (TPSA) is 270 Å². The summed E-state index contributed by atoms with van der Waals surface area (Å²) >= 11 is 1.57. The molecule has 5 aromatic rings. The summed E-state index contributed by atoms with van der Waals surface area (Å²) in [5.74, 6) is 0.369. The molecule has 3 atom stereocenters. The van der Waals surface area contributed by atoms with Gasteiger partial charge in [0.25, 0.3) is 5.91 Å². The average molecular weight is 1140 g/mol. The first kappa shape index (κ1) is 61.8. The Morgan fingerprint density at radius 3 is 2.20 bits per heavy atom. The van der Waals surface area contributed by atoms with Gasteiger partial charge in [-0.05, 0) is 62.4 Å². The number of rotatable bonds is 31. The van der Waals surface area contributed by atoms with Gasteiger partial charge in [-0.15, -0.1) is 21.5 Å². The maximum atomic E-state index is 14.0. The van der Waals surface area contributed by atoms with Crippen molar-refractivity contribution in [2.24, 2.45) is 5.41 Å². The molecule has 4 aromatic heterocycles. The third-order valence-corrected chi connectivity index (χ3v) is 15.0. The van der Waals surface area contributed by atoms with E-state index in [1.54, 1.807) is 22.6 Å². The molecule has 438 valence electrons. The fourth-order valence-electron chi connectivity index (χ4n) is 9.20. The lowest BCUT2D eigenvalue weighted by molar-refractivity contribution is -0.144. The minimum Gasteiger partial charge on any atom is -0.391 e. The summed E-state index contributed by atoms with van der Waals surface area (Å²) in [6.45, 7) is 18.3. The predicted molar refractivity (Wildman–Crippen MR) is 306 cm³/mol. The summed E-state index contributed by atoms with van der Waals surface area (Å²) in [6.07, 6.45) is 1.08. The zero-order valence-corrected chi connectivity index (χ0v) is 48.7. The second-order valence-corrected chi connectivity index (χ2v) is 22.1. The Kier molecular flexibility index (Phi) is 22.7. The molecule has 81 heavy (non-hydrogen) atoms. The quantitative estimate of drug-likeness (QED) is 0.0392. The molecule has 5 amide bonds. The number of nitrogens with one attached hydrogen (secondary N) is 4. The monoisotopic (exact) mass is 1140 g/mol. The third kappa shape index (κ3) is 17.1. The van der Waals surface area contributed by atoms with Crippen LogP contribution in [0.3, 0.4) is 0 Å². The van der Waals surface area contributed by atoms with Crippen LogP contribution in [0.15, 0.2) is 60.4 Å². The number of carbonyl (C=O) groups excluding carboxylic acids is 5. The summed E-state index contributed by atoms with van der Waals surface area (Å²) in [7, 11) is 1.95. The van der Waals surface area contributed by atoms with Crippen LogP contribution < -0.4 is 31.1 Å².